The van der Waals surface area contributed by atoms with Crippen LogP contribution in [0.4, 0.5) is 0 Å². The van der Waals surface area contributed by atoms with E-state index in [0.717, 1.165) is 6.42 Å². The second kappa shape index (κ2) is 2.57. The third-order valence-corrected chi connectivity index (χ3v) is 2.14. The van der Waals surface area contributed by atoms with Crippen LogP contribution in [-0.2, 0) is 6.42 Å². The van der Waals surface area contributed by atoms with Gasteiger partial charge in [0.1, 0.15) is 5.75 Å². The summed E-state index contributed by atoms with van der Waals surface area (Å²) in [5.41, 5.74) is 2.59. The van der Waals surface area contributed by atoms with Crippen LogP contribution in [0.5, 0.6) is 5.75 Å². The Morgan fingerprint density at radius 3 is 3.09 bits per heavy atom. The van der Waals surface area contributed by atoms with Gasteiger partial charge in [-0.2, -0.15) is 0 Å². The summed E-state index contributed by atoms with van der Waals surface area (Å²) < 4.78 is 0. The van der Waals surface area contributed by atoms with Crippen LogP contribution in [0.1, 0.15) is 24.0 Å². The first-order valence-electron chi connectivity index (χ1n) is 4.01. The molecule has 0 heterocycles. The molecule has 0 aliphatic heterocycles. The molecule has 1 aromatic rings. The van der Waals surface area contributed by atoms with Gasteiger partial charge in [-0.1, -0.05) is 6.07 Å². The standard InChI is InChI=1S/C10H11O/c11-10-6-5-8-3-1-2-4-9(8)7-10/h3,5-7,11H,1-2,4H2. The normalized spacial score (nSPS) is 16.0. The van der Waals surface area contributed by atoms with E-state index in [1.165, 1.54) is 24.0 Å². The third kappa shape index (κ3) is 1.23. The van der Waals surface area contributed by atoms with Gasteiger partial charge in [0.05, 0.1) is 0 Å². The summed E-state index contributed by atoms with van der Waals surface area (Å²) in [6.45, 7) is 0. The van der Waals surface area contributed by atoms with Crippen molar-refractivity contribution in [1.82, 2.24) is 0 Å². The maximum Gasteiger partial charge on any atom is 0.115 e. The molecule has 0 aromatic heterocycles. The average molecular weight is 147 g/mol. The summed E-state index contributed by atoms with van der Waals surface area (Å²) in [7, 11) is 0. The summed E-state index contributed by atoms with van der Waals surface area (Å²) in [5, 5.41) is 9.17. The smallest absolute Gasteiger partial charge is 0.115 e. The van der Waals surface area contributed by atoms with Crippen molar-refractivity contribution in [2.24, 2.45) is 0 Å². The molecule has 1 aliphatic rings. The molecule has 1 aromatic carbocycles. The Bertz CT molecular complexity index is 266. The number of fused-ring (bicyclic) bond motifs is 1. The zero-order valence-corrected chi connectivity index (χ0v) is 6.38. The highest BCUT2D eigenvalue weighted by atomic mass is 16.3. The van der Waals surface area contributed by atoms with Crippen LogP contribution < -0.4 is 0 Å². The summed E-state index contributed by atoms with van der Waals surface area (Å²) in [4.78, 5) is 0. The van der Waals surface area contributed by atoms with E-state index in [2.05, 4.69) is 6.42 Å². The van der Waals surface area contributed by atoms with Gasteiger partial charge in [-0.25, -0.2) is 0 Å². The summed E-state index contributed by atoms with van der Waals surface area (Å²) in [5.74, 6) is 0.388. The third-order valence-electron chi connectivity index (χ3n) is 2.14. The van der Waals surface area contributed by atoms with E-state index in [1.807, 2.05) is 12.1 Å². The van der Waals surface area contributed by atoms with Gasteiger partial charge >= 0.3 is 0 Å². The predicted octanol–water partition coefficient (Wildman–Crippen LogP) is 2.28. The van der Waals surface area contributed by atoms with Gasteiger partial charge in [-0.3, -0.25) is 0 Å². The van der Waals surface area contributed by atoms with Crippen molar-refractivity contribution in [2.75, 3.05) is 0 Å². The van der Waals surface area contributed by atoms with E-state index < -0.39 is 0 Å². The molecule has 0 saturated carbocycles. The van der Waals surface area contributed by atoms with Crippen molar-refractivity contribution in [3.05, 3.63) is 35.7 Å². The molecule has 1 N–H and O–H groups in total. The highest BCUT2D eigenvalue weighted by Crippen LogP contribution is 2.25. The average Bonchev–Trinajstić information content (AvgIpc) is 2.04. The van der Waals surface area contributed by atoms with Gasteiger partial charge in [-0.05, 0) is 48.9 Å². The van der Waals surface area contributed by atoms with E-state index in [0.29, 0.717) is 5.75 Å². The molecule has 0 unspecified atom stereocenters. The maximum atomic E-state index is 9.17. The highest BCUT2D eigenvalue weighted by molar-refractivity contribution is 5.40. The summed E-state index contributed by atoms with van der Waals surface area (Å²) in [6.07, 6.45) is 5.74. The minimum Gasteiger partial charge on any atom is -0.508 e. The SMILES string of the molecule is Oc1ccc2c(c1)CCC[CH]2. The lowest BCUT2D eigenvalue weighted by atomic mass is 9.92. The van der Waals surface area contributed by atoms with Crippen LogP contribution in [0, 0.1) is 6.42 Å². The van der Waals surface area contributed by atoms with Gasteiger partial charge in [0.2, 0.25) is 0 Å². The molecule has 0 saturated heterocycles. The zero-order valence-electron chi connectivity index (χ0n) is 6.38. The predicted molar refractivity (Wildman–Crippen MR) is 44.4 cm³/mol. The lowest BCUT2D eigenvalue weighted by Crippen LogP contribution is -1.99. The van der Waals surface area contributed by atoms with Crippen LogP contribution in [0.2, 0.25) is 0 Å². The van der Waals surface area contributed by atoms with Crippen molar-refractivity contribution in [1.29, 1.82) is 0 Å². The number of aromatic hydroxyl groups is 1. The van der Waals surface area contributed by atoms with Crippen molar-refractivity contribution >= 4 is 0 Å². The number of aryl methyl sites for hydroxylation is 1. The molecule has 0 spiro atoms. The Morgan fingerprint density at radius 2 is 2.18 bits per heavy atom. The minimum absolute atomic E-state index is 0.388. The summed E-state index contributed by atoms with van der Waals surface area (Å²) >= 11 is 0. The maximum absolute atomic E-state index is 9.17. The molecule has 1 aliphatic carbocycles. The summed E-state index contributed by atoms with van der Waals surface area (Å²) in [6, 6.07) is 5.61. The van der Waals surface area contributed by atoms with Crippen LogP contribution in [0.3, 0.4) is 0 Å². The van der Waals surface area contributed by atoms with Crippen LogP contribution in [0.15, 0.2) is 18.2 Å². The molecule has 1 heteroatoms. The number of benzene rings is 1. The first-order valence-corrected chi connectivity index (χ1v) is 4.01. The van der Waals surface area contributed by atoms with E-state index in [9.17, 15) is 5.11 Å². The molecular weight excluding hydrogens is 136 g/mol. The quantitative estimate of drug-likeness (QED) is 0.597. The van der Waals surface area contributed by atoms with Crippen molar-refractivity contribution in [3.63, 3.8) is 0 Å². The van der Waals surface area contributed by atoms with E-state index in [1.54, 1.807) is 6.07 Å². The van der Waals surface area contributed by atoms with E-state index in [4.69, 9.17) is 0 Å². The topological polar surface area (TPSA) is 20.2 Å². The first kappa shape index (κ1) is 6.71. The molecular formula is C10H11O. The number of phenolic OH excluding ortho intramolecular Hbond substituents is 1. The largest absolute Gasteiger partial charge is 0.508 e. The van der Waals surface area contributed by atoms with Crippen LogP contribution in [-0.4, -0.2) is 5.11 Å². The Hall–Kier alpha value is -0.980. The second-order valence-electron chi connectivity index (χ2n) is 2.98. The highest BCUT2D eigenvalue weighted by Gasteiger charge is 2.08. The number of hydrogen-bond donors (Lipinski definition) is 1. The van der Waals surface area contributed by atoms with Crippen molar-refractivity contribution in [2.45, 2.75) is 19.3 Å². The Kier molecular flexibility index (Phi) is 1.57. The molecule has 1 radical (unpaired) electrons. The molecule has 0 bridgehead atoms. The number of hydrogen-bond acceptors (Lipinski definition) is 1. The van der Waals surface area contributed by atoms with Gasteiger partial charge in [0, 0.05) is 0 Å². The molecule has 0 atom stereocenters. The second-order valence-corrected chi connectivity index (χ2v) is 2.98. The molecule has 0 amide bonds. The molecule has 1 nitrogen and oxygen atoms in total. The fourth-order valence-electron chi connectivity index (χ4n) is 1.56. The number of phenols is 1. The number of rotatable bonds is 0. The monoisotopic (exact) mass is 147 g/mol. The molecule has 11 heavy (non-hydrogen) atoms. The minimum atomic E-state index is 0.388. The van der Waals surface area contributed by atoms with Gasteiger partial charge in [0.25, 0.3) is 0 Å². The van der Waals surface area contributed by atoms with Gasteiger partial charge in [0.15, 0.2) is 0 Å². The van der Waals surface area contributed by atoms with Gasteiger partial charge < -0.3 is 5.11 Å². The molecule has 2 rings (SSSR count). The van der Waals surface area contributed by atoms with E-state index >= 15 is 0 Å². The Balaban J connectivity index is 2.43. The van der Waals surface area contributed by atoms with Crippen molar-refractivity contribution < 1.29 is 5.11 Å². The Labute approximate surface area is 66.7 Å². The van der Waals surface area contributed by atoms with Gasteiger partial charge in [-0.15, -0.1) is 0 Å². The zero-order chi connectivity index (χ0) is 7.68. The van der Waals surface area contributed by atoms with E-state index in [-0.39, 0.29) is 0 Å². The molecule has 57 valence electrons. The first-order chi connectivity index (χ1) is 5.36. The fraction of sp³-hybridized carbons (Fsp3) is 0.300. The van der Waals surface area contributed by atoms with Crippen molar-refractivity contribution in [3.8, 4) is 5.75 Å². The Morgan fingerprint density at radius 1 is 1.27 bits per heavy atom. The van der Waals surface area contributed by atoms with Crippen LogP contribution >= 0.6 is 0 Å². The fourth-order valence-corrected chi connectivity index (χ4v) is 1.56. The lowest BCUT2D eigenvalue weighted by molar-refractivity contribution is 0.474. The lowest BCUT2D eigenvalue weighted by Gasteiger charge is -2.14. The van der Waals surface area contributed by atoms with Crippen LogP contribution in [0.25, 0.3) is 0 Å². The molecule has 0 fully saturated rings.